The predicted molar refractivity (Wildman–Crippen MR) is 112 cm³/mol. The van der Waals surface area contributed by atoms with E-state index in [9.17, 15) is 4.79 Å². The average molecular weight is 402 g/mol. The molecule has 30 heavy (non-hydrogen) atoms. The molecule has 1 aromatic carbocycles. The second kappa shape index (κ2) is 6.60. The first-order valence-electron chi connectivity index (χ1n) is 10.3. The van der Waals surface area contributed by atoms with E-state index < -0.39 is 0 Å². The van der Waals surface area contributed by atoms with Crippen molar-refractivity contribution in [3.8, 4) is 34.0 Å². The van der Waals surface area contributed by atoms with Gasteiger partial charge in [0, 0.05) is 40.7 Å². The first-order chi connectivity index (χ1) is 14.7. The molecule has 1 saturated heterocycles. The molecule has 0 atom stereocenters. The Kier molecular flexibility index (Phi) is 3.86. The van der Waals surface area contributed by atoms with Crippen LogP contribution in [0.3, 0.4) is 0 Å². The van der Waals surface area contributed by atoms with E-state index in [4.69, 9.17) is 9.47 Å². The van der Waals surface area contributed by atoms with Gasteiger partial charge in [-0.1, -0.05) is 0 Å². The number of aromatic nitrogens is 2. The summed E-state index contributed by atoms with van der Waals surface area (Å²) in [5.74, 6) is 1.49. The number of nitrogens with zero attached hydrogens (tertiary/aromatic N) is 1. The molecule has 3 aliphatic rings. The smallest absolute Gasteiger partial charge is 0.253 e. The van der Waals surface area contributed by atoms with E-state index in [1.807, 2.05) is 36.4 Å². The lowest BCUT2D eigenvalue weighted by molar-refractivity contribution is 0.0913. The first kappa shape index (κ1) is 17.5. The molecule has 1 fully saturated rings. The molecule has 5 heterocycles. The van der Waals surface area contributed by atoms with E-state index in [0.29, 0.717) is 6.54 Å². The maximum atomic E-state index is 12.6. The summed E-state index contributed by atoms with van der Waals surface area (Å²) in [6.45, 7) is 2.87. The number of carbonyl (C=O) groups excluding carboxylic acids is 1. The molecule has 0 radical (unpaired) electrons. The van der Waals surface area contributed by atoms with Crippen LogP contribution in [0.25, 0.3) is 22.5 Å². The van der Waals surface area contributed by atoms with Gasteiger partial charge in [-0.15, -0.1) is 0 Å². The highest BCUT2D eigenvalue weighted by Gasteiger charge is 2.42. The maximum Gasteiger partial charge on any atom is 0.253 e. The summed E-state index contributed by atoms with van der Waals surface area (Å²) in [4.78, 5) is 20.7. The Hall–Kier alpha value is -3.32. The Morgan fingerprint density at radius 3 is 2.73 bits per heavy atom. The van der Waals surface area contributed by atoms with Gasteiger partial charge >= 0.3 is 0 Å². The lowest BCUT2D eigenvalue weighted by Crippen LogP contribution is -2.51. The van der Waals surface area contributed by atoms with Crippen LogP contribution in [-0.2, 0) is 5.41 Å². The molecule has 7 nitrogen and oxygen atoms in total. The summed E-state index contributed by atoms with van der Waals surface area (Å²) in [6, 6.07) is 11.8. The molecule has 3 aliphatic heterocycles. The van der Waals surface area contributed by atoms with E-state index in [1.54, 1.807) is 6.20 Å². The van der Waals surface area contributed by atoms with Crippen molar-refractivity contribution >= 4 is 5.91 Å². The van der Waals surface area contributed by atoms with E-state index >= 15 is 0 Å². The van der Waals surface area contributed by atoms with E-state index in [0.717, 1.165) is 71.2 Å². The number of pyridine rings is 1. The largest absolute Gasteiger partial charge is 0.454 e. The molecule has 3 N–H and O–H groups in total. The number of carbonyl (C=O) groups is 1. The first-order valence-corrected chi connectivity index (χ1v) is 10.3. The number of H-pyrrole nitrogens is 1. The highest BCUT2D eigenvalue weighted by Crippen LogP contribution is 2.40. The van der Waals surface area contributed by atoms with Crippen LogP contribution in [0, 0.1) is 0 Å². The van der Waals surface area contributed by atoms with Crippen LogP contribution >= 0.6 is 0 Å². The van der Waals surface area contributed by atoms with Crippen molar-refractivity contribution in [1.82, 2.24) is 20.6 Å². The van der Waals surface area contributed by atoms with Crippen molar-refractivity contribution in [3.63, 3.8) is 0 Å². The number of fused-ring (bicyclic) bond motifs is 3. The van der Waals surface area contributed by atoms with Crippen LogP contribution in [-0.4, -0.2) is 42.3 Å². The SMILES string of the molecule is O=C1NCC2(CCNCC2)c2[nH]c(-c3ccnc(-c4ccc5c(c4)OCO5)c3)cc21. The average Bonchev–Trinajstić information content (AvgIpc) is 3.45. The molecular weight excluding hydrogens is 380 g/mol. The molecule has 1 amide bonds. The van der Waals surface area contributed by atoms with Gasteiger partial charge in [-0.3, -0.25) is 9.78 Å². The van der Waals surface area contributed by atoms with Gasteiger partial charge in [0.1, 0.15) is 0 Å². The Balaban J connectivity index is 1.40. The van der Waals surface area contributed by atoms with Gasteiger partial charge in [0.05, 0.1) is 11.3 Å². The standard InChI is InChI=1S/C23H22N4O3/c28-22-16-11-18(27-21(16)23(12-26-22)4-7-24-8-5-23)15-3-6-25-17(9-15)14-1-2-19-20(10-14)30-13-29-19/h1-3,6,9-11,24,27H,4-5,7-8,12-13H2,(H,26,28). The highest BCUT2D eigenvalue weighted by atomic mass is 16.7. The minimum atomic E-state index is -0.0140. The number of benzene rings is 1. The summed E-state index contributed by atoms with van der Waals surface area (Å²) in [6.07, 6.45) is 3.83. The molecule has 0 saturated carbocycles. The summed E-state index contributed by atoms with van der Waals surface area (Å²) in [5.41, 5.74) is 5.58. The fraction of sp³-hybridized carbons (Fsp3) is 0.304. The van der Waals surface area contributed by atoms with Gasteiger partial charge in [0.25, 0.3) is 5.91 Å². The third-order valence-electron chi connectivity index (χ3n) is 6.48. The van der Waals surface area contributed by atoms with Gasteiger partial charge < -0.3 is 25.1 Å². The van der Waals surface area contributed by atoms with E-state index in [1.165, 1.54) is 0 Å². The van der Waals surface area contributed by atoms with Gasteiger partial charge in [-0.25, -0.2) is 0 Å². The molecule has 0 bridgehead atoms. The fourth-order valence-corrected chi connectivity index (χ4v) is 4.78. The summed E-state index contributed by atoms with van der Waals surface area (Å²) in [7, 11) is 0. The number of hydrogen-bond donors (Lipinski definition) is 3. The molecule has 7 heteroatoms. The zero-order valence-corrected chi connectivity index (χ0v) is 16.5. The number of ether oxygens (including phenoxy) is 2. The van der Waals surface area contributed by atoms with Crippen molar-refractivity contribution in [2.45, 2.75) is 18.3 Å². The third-order valence-corrected chi connectivity index (χ3v) is 6.48. The molecule has 0 aliphatic carbocycles. The van der Waals surface area contributed by atoms with Gasteiger partial charge in [0.15, 0.2) is 11.5 Å². The Bertz CT molecular complexity index is 1150. The minimum absolute atomic E-state index is 0.00158. The molecule has 2 aromatic heterocycles. The monoisotopic (exact) mass is 402 g/mol. The molecular formula is C23H22N4O3. The Morgan fingerprint density at radius 1 is 0.967 bits per heavy atom. The summed E-state index contributed by atoms with van der Waals surface area (Å²) >= 11 is 0. The van der Waals surface area contributed by atoms with Crippen LogP contribution in [0.1, 0.15) is 28.9 Å². The zero-order valence-electron chi connectivity index (χ0n) is 16.5. The normalized spacial score (nSPS) is 18.9. The Labute approximate surface area is 173 Å². The lowest BCUT2D eigenvalue weighted by Gasteiger charge is -2.40. The van der Waals surface area contributed by atoms with Crippen LogP contribution in [0.5, 0.6) is 11.5 Å². The number of amides is 1. The van der Waals surface area contributed by atoms with Gasteiger partial charge in [-0.05, 0) is 62.3 Å². The van der Waals surface area contributed by atoms with Crippen molar-refractivity contribution in [1.29, 1.82) is 0 Å². The van der Waals surface area contributed by atoms with Crippen molar-refractivity contribution < 1.29 is 14.3 Å². The number of hydrogen-bond acceptors (Lipinski definition) is 5. The van der Waals surface area contributed by atoms with Crippen LogP contribution in [0.2, 0.25) is 0 Å². The third kappa shape index (κ3) is 2.69. The lowest BCUT2D eigenvalue weighted by atomic mass is 9.73. The van der Waals surface area contributed by atoms with Gasteiger partial charge in [-0.2, -0.15) is 0 Å². The van der Waals surface area contributed by atoms with E-state index in [-0.39, 0.29) is 18.1 Å². The molecule has 6 rings (SSSR count). The summed E-state index contributed by atoms with van der Waals surface area (Å²) in [5, 5.41) is 6.53. The molecule has 152 valence electrons. The summed E-state index contributed by atoms with van der Waals surface area (Å²) < 4.78 is 10.9. The topological polar surface area (TPSA) is 88.3 Å². The zero-order chi connectivity index (χ0) is 20.1. The van der Waals surface area contributed by atoms with Crippen LogP contribution in [0.4, 0.5) is 0 Å². The maximum absolute atomic E-state index is 12.6. The highest BCUT2D eigenvalue weighted by molar-refractivity contribution is 5.98. The van der Waals surface area contributed by atoms with Crippen molar-refractivity contribution in [3.05, 3.63) is 53.9 Å². The second-order valence-corrected chi connectivity index (χ2v) is 8.18. The van der Waals surface area contributed by atoms with Crippen LogP contribution in [0.15, 0.2) is 42.6 Å². The predicted octanol–water partition coefficient (Wildman–Crippen LogP) is 2.84. The molecule has 3 aromatic rings. The van der Waals surface area contributed by atoms with Crippen molar-refractivity contribution in [2.75, 3.05) is 26.4 Å². The fourth-order valence-electron chi connectivity index (χ4n) is 4.78. The quantitative estimate of drug-likeness (QED) is 0.614. The molecule has 0 unspecified atom stereocenters. The molecule has 1 spiro atoms. The number of nitrogens with one attached hydrogen (secondary N) is 3. The number of aromatic amines is 1. The van der Waals surface area contributed by atoms with Crippen molar-refractivity contribution in [2.24, 2.45) is 0 Å². The van der Waals surface area contributed by atoms with Gasteiger partial charge in [0.2, 0.25) is 6.79 Å². The van der Waals surface area contributed by atoms with E-state index in [2.05, 4.69) is 20.6 Å². The van der Waals surface area contributed by atoms with Crippen LogP contribution < -0.4 is 20.1 Å². The number of piperidine rings is 1. The minimum Gasteiger partial charge on any atom is -0.454 e. The number of rotatable bonds is 2. The second-order valence-electron chi connectivity index (χ2n) is 8.18. The Morgan fingerprint density at radius 2 is 1.83 bits per heavy atom.